The maximum absolute atomic E-state index is 5.55. The van der Waals surface area contributed by atoms with Crippen molar-refractivity contribution in [2.24, 2.45) is 5.92 Å². The van der Waals surface area contributed by atoms with Crippen LogP contribution < -0.4 is 10.6 Å². The van der Waals surface area contributed by atoms with E-state index in [0.29, 0.717) is 18.4 Å². The van der Waals surface area contributed by atoms with Crippen LogP contribution in [0.15, 0.2) is 6.33 Å². The van der Waals surface area contributed by atoms with Gasteiger partial charge in [-0.3, -0.25) is 0 Å². The van der Waals surface area contributed by atoms with Crippen LogP contribution in [0.2, 0.25) is 0 Å². The van der Waals surface area contributed by atoms with E-state index in [1.807, 2.05) is 7.05 Å². The minimum absolute atomic E-state index is 0.364. The summed E-state index contributed by atoms with van der Waals surface area (Å²) in [5.41, 5.74) is 1.12. The van der Waals surface area contributed by atoms with Gasteiger partial charge in [-0.05, 0) is 11.8 Å². The Morgan fingerprint density at radius 1 is 1.16 bits per heavy atom. The van der Waals surface area contributed by atoms with E-state index >= 15 is 0 Å². The fourth-order valence-electron chi connectivity index (χ4n) is 1.84. The first kappa shape index (κ1) is 15.7. The molecule has 1 rings (SSSR count). The van der Waals surface area contributed by atoms with Crippen LogP contribution in [0.4, 0.5) is 11.6 Å². The lowest BCUT2D eigenvalue weighted by Gasteiger charge is -2.16. The molecule has 5 nitrogen and oxygen atoms in total. The standard InChI is InChI=1S/C14H26N4O/c1-10(2)8-19-7-6-16-14-12(11(3)4)13(15-5)17-9-18-14/h9-11H,6-8H2,1-5H3,(H2,15,16,17,18). The molecule has 0 amide bonds. The molecule has 0 aliphatic carbocycles. The first-order valence-electron chi connectivity index (χ1n) is 6.90. The van der Waals surface area contributed by atoms with E-state index in [0.717, 1.165) is 30.4 Å². The Hall–Kier alpha value is -1.36. The molecule has 1 heterocycles. The number of rotatable bonds is 8. The number of hydrogen-bond donors (Lipinski definition) is 2. The molecular weight excluding hydrogens is 240 g/mol. The molecule has 0 saturated carbocycles. The predicted molar refractivity (Wildman–Crippen MR) is 79.8 cm³/mol. The Labute approximate surface area is 116 Å². The van der Waals surface area contributed by atoms with Gasteiger partial charge in [0.1, 0.15) is 18.0 Å². The van der Waals surface area contributed by atoms with Crippen molar-refractivity contribution in [3.05, 3.63) is 11.9 Å². The van der Waals surface area contributed by atoms with E-state index in [1.165, 1.54) is 0 Å². The lowest BCUT2D eigenvalue weighted by atomic mass is 10.0. The normalized spacial score (nSPS) is 11.1. The summed E-state index contributed by atoms with van der Waals surface area (Å²) in [6, 6.07) is 0. The van der Waals surface area contributed by atoms with E-state index in [4.69, 9.17) is 4.74 Å². The fourth-order valence-corrected chi connectivity index (χ4v) is 1.84. The summed E-state index contributed by atoms with van der Waals surface area (Å²) in [6.45, 7) is 10.8. The SMILES string of the molecule is CNc1ncnc(NCCOCC(C)C)c1C(C)C. The second-order valence-corrected chi connectivity index (χ2v) is 5.28. The molecule has 1 aromatic rings. The summed E-state index contributed by atoms with van der Waals surface area (Å²) >= 11 is 0. The van der Waals surface area contributed by atoms with Crippen LogP contribution in [-0.4, -0.2) is 36.8 Å². The highest BCUT2D eigenvalue weighted by molar-refractivity contribution is 5.58. The molecule has 2 N–H and O–H groups in total. The molecule has 0 aliphatic heterocycles. The maximum Gasteiger partial charge on any atom is 0.135 e. The first-order chi connectivity index (χ1) is 9.06. The topological polar surface area (TPSA) is 59.1 Å². The van der Waals surface area contributed by atoms with Gasteiger partial charge in [-0.1, -0.05) is 27.7 Å². The zero-order valence-electron chi connectivity index (χ0n) is 12.7. The molecule has 0 unspecified atom stereocenters. The van der Waals surface area contributed by atoms with Crippen molar-refractivity contribution >= 4 is 11.6 Å². The number of ether oxygens (including phenoxy) is 1. The van der Waals surface area contributed by atoms with Crippen molar-refractivity contribution in [2.75, 3.05) is 37.4 Å². The summed E-state index contributed by atoms with van der Waals surface area (Å²) < 4.78 is 5.55. The number of aromatic nitrogens is 2. The average Bonchev–Trinajstić information content (AvgIpc) is 2.37. The number of hydrogen-bond acceptors (Lipinski definition) is 5. The Bertz CT molecular complexity index is 380. The van der Waals surface area contributed by atoms with Gasteiger partial charge >= 0.3 is 0 Å². The van der Waals surface area contributed by atoms with Crippen LogP contribution in [0.3, 0.4) is 0 Å². The van der Waals surface area contributed by atoms with Gasteiger partial charge in [-0.25, -0.2) is 9.97 Å². The van der Waals surface area contributed by atoms with Gasteiger partial charge in [0.05, 0.1) is 6.61 Å². The molecule has 0 bridgehead atoms. The minimum Gasteiger partial charge on any atom is -0.379 e. The first-order valence-corrected chi connectivity index (χ1v) is 6.90. The second kappa shape index (κ2) is 7.94. The van der Waals surface area contributed by atoms with Gasteiger partial charge in [0.15, 0.2) is 0 Å². The quantitative estimate of drug-likeness (QED) is 0.708. The van der Waals surface area contributed by atoms with Gasteiger partial charge in [-0.2, -0.15) is 0 Å². The molecule has 0 aliphatic rings. The van der Waals surface area contributed by atoms with Crippen molar-refractivity contribution in [1.29, 1.82) is 0 Å². The molecule has 0 fully saturated rings. The Morgan fingerprint density at radius 3 is 2.42 bits per heavy atom. The predicted octanol–water partition coefficient (Wildman–Crippen LogP) is 2.73. The molecule has 0 saturated heterocycles. The second-order valence-electron chi connectivity index (χ2n) is 5.28. The van der Waals surface area contributed by atoms with Gasteiger partial charge < -0.3 is 15.4 Å². The lowest BCUT2D eigenvalue weighted by Crippen LogP contribution is -2.15. The van der Waals surface area contributed by atoms with Crippen molar-refractivity contribution in [3.8, 4) is 0 Å². The lowest BCUT2D eigenvalue weighted by molar-refractivity contribution is 0.118. The smallest absolute Gasteiger partial charge is 0.135 e. The van der Waals surface area contributed by atoms with Crippen LogP contribution in [0.1, 0.15) is 39.2 Å². The minimum atomic E-state index is 0.364. The third kappa shape index (κ3) is 5.03. The van der Waals surface area contributed by atoms with Crippen LogP contribution in [0.5, 0.6) is 0 Å². The molecule has 19 heavy (non-hydrogen) atoms. The summed E-state index contributed by atoms with van der Waals surface area (Å²) in [5, 5.41) is 6.44. The molecule has 0 atom stereocenters. The number of nitrogens with zero attached hydrogens (tertiary/aromatic N) is 2. The maximum atomic E-state index is 5.55. The van der Waals surface area contributed by atoms with E-state index in [1.54, 1.807) is 6.33 Å². The largest absolute Gasteiger partial charge is 0.379 e. The highest BCUT2D eigenvalue weighted by atomic mass is 16.5. The molecular formula is C14H26N4O. The molecule has 0 radical (unpaired) electrons. The molecule has 5 heteroatoms. The number of anilines is 2. The number of nitrogens with one attached hydrogen (secondary N) is 2. The van der Waals surface area contributed by atoms with Crippen LogP contribution in [-0.2, 0) is 4.74 Å². The zero-order valence-corrected chi connectivity index (χ0v) is 12.7. The molecule has 1 aromatic heterocycles. The van der Waals surface area contributed by atoms with Gasteiger partial charge in [0.2, 0.25) is 0 Å². The van der Waals surface area contributed by atoms with E-state index < -0.39 is 0 Å². The summed E-state index contributed by atoms with van der Waals surface area (Å²) in [5.74, 6) is 2.71. The van der Waals surface area contributed by atoms with Crippen LogP contribution in [0.25, 0.3) is 0 Å². The molecule has 108 valence electrons. The highest BCUT2D eigenvalue weighted by Gasteiger charge is 2.13. The third-order valence-electron chi connectivity index (χ3n) is 2.69. The Kier molecular flexibility index (Phi) is 6.56. The molecule has 0 spiro atoms. The van der Waals surface area contributed by atoms with Crippen molar-refractivity contribution in [3.63, 3.8) is 0 Å². The van der Waals surface area contributed by atoms with Crippen LogP contribution >= 0.6 is 0 Å². The van der Waals surface area contributed by atoms with Gasteiger partial charge in [0, 0.05) is 25.8 Å². The van der Waals surface area contributed by atoms with Crippen molar-refractivity contribution < 1.29 is 4.74 Å². The monoisotopic (exact) mass is 266 g/mol. The molecule has 0 aromatic carbocycles. The average molecular weight is 266 g/mol. The Morgan fingerprint density at radius 2 is 1.84 bits per heavy atom. The summed E-state index contributed by atoms with van der Waals surface area (Å²) in [6.07, 6.45) is 1.58. The Balaban J connectivity index is 2.58. The summed E-state index contributed by atoms with van der Waals surface area (Å²) in [4.78, 5) is 8.58. The van der Waals surface area contributed by atoms with E-state index in [9.17, 15) is 0 Å². The summed E-state index contributed by atoms with van der Waals surface area (Å²) in [7, 11) is 1.88. The van der Waals surface area contributed by atoms with Crippen molar-refractivity contribution in [1.82, 2.24) is 9.97 Å². The fraction of sp³-hybridized carbons (Fsp3) is 0.714. The van der Waals surface area contributed by atoms with E-state index in [-0.39, 0.29) is 0 Å². The van der Waals surface area contributed by atoms with Crippen LogP contribution in [0, 0.1) is 5.92 Å². The third-order valence-corrected chi connectivity index (χ3v) is 2.69. The van der Waals surface area contributed by atoms with Crippen molar-refractivity contribution in [2.45, 2.75) is 33.6 Å². The zero-order chi connectivity index (χ0) is 14.3. The van der Waals surface area contributed by atoms with Gasteiger partial charge in [-0.15, -0.1) is 0 Å². The van der Waals surface area contributed by atoms with E-state index in [2.05, 4.69) is 48.3 Å². The van der Waals surface area contributed by atoms with Gasteiger partial charge in [0.25, 0.3) is 0 Å². The highest BCUT2D eigenvalue weighted by Crippen LogP contribution is 2.27.